The van der Waals surface area contributed by atoms with Crippen LogP contribution in [0.2, 0.25) is 0 Å². The van der Waals surface area contributed by atoms with Gasteiger partial charge in [0.1, 0.15) is 0 Å². The van der Waals surface area contributed by atoms with Gasteiger partial charge in [-0.2, -0.15) is 0 Å². The molecule has 0 atom stereocenters. The SMILES string of the molecule is c1ccc(P(c2ccccc2)c2ccc(-n3c4c5ccccc5ccc4c4cc5c6c(cccc6c43)-c3nc4ccccc4nc3-5)cc2)cc1. The predicted octanol–water partition coefficient (Wildman–Crippen LogP) is 10.4. The van der Waals surface area contributed by atoms with E-state index in [9.17, 15) is 0 Å². The van der Waals surface area contributed by atoms with Crippen molar-refractivity contribution in [2.45, 2.75) is 0 Å². The molecule has 4 heteroatoms. The summed E-state index contributed by atoms with van der Waals surface area (Å²) in [5.74, 6) is 0. The molecular formula is C46H28N3P. The number of benzene rings is 8. The maximum atomic E-state index is 5.21. The zero-order chi connectivity index (χ0) is 32.8. The van der Waals surface area contributed by atoms with Gasteiger partial charge >= 0.3 is 0 Å². The van der Waals surface area contributed by atoms with Gasteiger partial charge in [0.2, 0.25) is 0 Å². The summed E-state index contributed by atoms with van der Waals surface area (Å²) in [7, 11) is -0.705. The van der Waals surface area contributed by atoms with Gasteiger partial charge in [-0.05, 0) is 59.6 Å². The molecule has 1 aliphatic carbocycles. The van der Waals surface area contributed by atoms with Crippen molar-refractivity contribution in [3.8, 4) is 28.2 Å². The van der Waals surface area contributed by atoms with Crippen molar-refractivity contribution in [1.29, 1.82) is 0 Å². The molecule has 3 nitrogen and oxygen atoms in total. The molecule has 0 unspecified atom stereocenters. The Kier molecular flexibility index (Phi) is 5.93. The fourth-order valence-electron chi connectivity index (χ4n) is 8.11. The van der Waals surface area contributed by atoms with Crippen LogP contribution in [0.3, 0.4) is 0 Å². The minimum atomic E-state index is -0.705. The fraction of sp³-hybridized carbons (Fsp3) is 0. The molecule has 11 rings (SSSR count). The molecule has 0 N–H and O–H groups in total. The maximum absolute atomic E-state index is 5.21. The number of nitrogens with zero attached hydrogens (tertiary/aromatic N) is 3. The Labute approximate surface area is 289 Å². The van der Waals surface area contributed by atoms with Gasteiger partial charge in [-0.25, -0.2) is 9.97 Å². The first-order valence-corrected chi connectivity index (χ1v) is 18.4. The van der Waals surface area contributed by atoms with Crippen LogP contribution in [0, 0.1) is 0 Å². The average Bonchev–Trinajstić information content (AvgIpc) is 3.69. The molecule has 0 amide bonds. The van der Waals surface area contributed by atoms with E-state index in [0.29, 0.717) is 0 Å². The van der Waals surface area contributed by atoms with Gasteiger partial charge in [0.15, 0.2) is 0 Å². The molecule has 0 saturated heterocycles. The third kappa shape index (κ3) is 3.96. The predicted molar refractivity (Wildman–Crippen MR) is 212 cm³/mol. The van der Waals surface area contributed by atoms with E-state index >= 15 is 0 Å². The minimum absolute atomic E-state index is 0.705. The lowest BCUT2D eigenvalue weighted by Gasteiger charge is -2.20. The second kappa shape index (κ2) is 10.7. The maximum Gasteiger partial charge on any atom is 0.0980 e. The number of hydrogen-bond donors (Lipinski definition) is 0. The Balaban J connectivity index is 1.21. The molecule has 0 fully saturated rings. The van der Waals surface area contributed by atoms with Crippen molar-refractivity contribution in [3.63, 3.8) is 0 Å². The van der Waals surface area contributed by atoms with Crippen molar-refractivity contribution in [2.75, 3.05) is 0 Å². The molecule has 2 heterocycles. The molecule has 232 valence electrons. The van der Waals surface area contributed by atoms with Gasteiger partial charge in [-0.15, -0.1) is 0 Å². The molecule has 2 aromatic heterocycles. The van der Waals surface area contributed by atoms with Crippen LogP contribution in [0.15, 0.2) is 170 Å². The summed E-state index contributed by atoms with van der Waals surface area (Å²) in [5.41, 5.74) is 9.70. The first kappa shape index (κ1) is 27.8. The molecule has 0 bridgehead atoms. The van der Waals surface area contributed by atoms with E-state index in [0.717, 1.165) is 39.2 Å². The van der Waals surface area contributed by atoms with E-state index < -0.39 is 7.92 Å². The van der Waals surface area contributed by atoms with Crippen molar-refractivity contribution < 1.29 is 0 Å². The Bertz CT molecular complexity index is 2930. The van der Waals surface area contributed by atoms with Crippen LogP contribution in [-0.2, 0) is 0 Å². The largest absolute Gasteiger partial charge is 0.308 e. The molecule has 10 aromatic rings. The van der Waals surface area contributed by atoms with Crippen LogP contribution in [-0.4, -0.2) is 14.5 Å². The van der Waals surface area contributed by atoms with Crippen LogP contribution in [0.1, 0.15) is 0 Å². The highest BCUT2D eigenvalue weighted by Crippen LogP contribution is 2.50. The summed E-state index contributed by atoms with van der Waals surface area (Å²) in [6.07, 6.45) is 0. The monoisotopic (exact) mass is 653 g/mol. The van der Waals surface area contributed by atoms with Gasteiger partial charge in [0.05, 0.1) is 33.5 Å². The molecule has 0 radical (unpaired) electrons. The summed E-state index contributed by atoms with van der Waals surface area (Å²) >= 11 is 0. The van der Waals surface area contributed by atoms with E-state index in [-0.39, 0.29) is 0 Å². The van der Waals surface area contributed by atoms with Gasteiger partial charge < -0.3 is 4.57 Å². The van der Waals surface area contributed by atoms with Crippen LogP contribution in [0.4, 0.5) is 0 Å². The number of aromatic nitrogens is 3. The Hall–Kier alpha value is -6.15. The summed E-state index contributed by atoms with van der Waals surface area (Å²) in [4.78, 5) is 10.4. The van der Waals surface area contributed by atoms with Crippen molar-refractivity contribution >= 4 is 78.2 Å². The Morgan fingerprint density at radius 3 is 1.70 bits per heavy atom. The smallest absolute Gasteiger partial charge is 0.0980 e. The second-order valence-corrected chi connectivity index (χ2v) is 15.2. The van der Waals surface area contributed by atoms with Gasteiger partial charge in [0, 0.05) is 43.7 Å². The highest BCUT2D eigenvalue weighted by atomic mass is 31.1. The van der Waals surface area contributed by atoms with Gasteiger partial charge in [-0.3, -0.25) is 0 Å². The first-order valence-electron chi connectivity index (χ1n) is 17.0. The quantitative estimate of drug-likeness (QED) is 0.177. The number of rotatable bonds is 4. The van der Waals surface area contributed by atoms with Crippen molar-refractivity contribution in [1.82, 2.24) is 14.5 Å². The van der Waals surface area contributed by atoms with E-state index in [2.05, 4.69) is 162 Å². The summed E-state index contributed by atoms with van der Waals surface area (Å²) in [6.45, 7) is 0. The lowest BCUT2D eigenvalue weighted by Crippen LogP contribution is -2.20. The van der Waals surface area contributed by atoms with Crippen molar-refractivity contribution in [2.24, 2.45) is 0 Å². The normalized spacial score (nSPS) is 12.2. The second-order valence-electron chi connectivity index (χ2n) is 13.0. The van der Waals surface area contributed by atoms with Crippen molar-refractivity contribution in [3.05, 3.63) is 170 Å². The summed E-state index contributed by atoms with van der Waals surface area (Å²) in [5, 5.41) is 11.4. The van der Waals surface area contributed by atoms with Crippen LogP contribution >= 0.6 is 7.92 Å². The van der Waals surface area contributed by atoms with E-state index in [1.165, 1.54) is 59.3 Å². The third-order valence-corrected chi connectivity index (χ3v) is 12.7. The molecule has 0 spiro atoms. The third-order valence-electron chi connectivity index (χ3n) is 10.2. The van der Waals surface area contributed by atoms with E-state index in [1.807, 2.05) is 12.1 Å². The Morgan fingerprint density at radius 1 is 0.400 bits per heavy atom. The lowest BCUT2D eigenvalue weighted by atomic mass is 9.99. The van der Waals surface area contributed by atoms with Crippen LogP contribution < -0.4 is 15.9 Å². The number of hydrogen-bond acceptors (Lipinski definition) is 2. The van der Waals surface area contributed by atoms with Gasteiger partial charge in [0.25, 0.3) is 0 Å². The number of fused-ring (bicyclic) bond motifs is 10. The van der Waals surface area contributed by atoms with E-state index in [4.69, 9.17) is 9.97 Å². The summed E-state index contributed by atoms with van der Waals surface area (Å²) in [6, 6.07) is 61.8. The lowest BCUT2D eigenvalue weighted by molar-refractivity contribution is 1.19. The van der Waals surface area contributed by atoms with Crippen LogP contribution in [0.25, 0.3) is 82.6 Å². The zero-order valence-electron chi connectivity index (χ0n) is 27.0. The molecule has 1 aliphatic rings. The molecule has 50 heavy (non-hydrogen) atoms. The molecule has 8 aromatic carbocycles. The highest BCUT2D eigenvalue weighted by molar-refractivity contribution is 7.79. The van der Waals surface area contributed by atoms with Crippen LogP contribution in [0.5, 0.6) is 0 Å². The number of para-hydroxylation sites is 2. The van der Waals surface area contributed by atoms with Gasteiger partial charge in [-0.1, -0.05) is 140 Å². The average molecular weight is 654 g/mol. The van der Waals surface area contributed by atoms with E-state index in [1.54, 1.807) is 0 Å². The molecule has 0 aliphatic heterocycles. The highest BCUT2D eigenvalue weighted by Gasteiger charge is 2.29. The molecular weight excluding hydrogens is 626 g/mol. The summed E-state index contributed by atoms with van der Waals surface area (Å²) < 4.78 is 2.51. The Morgan fingerprint density at radius 2 is 0.980 bits per heavy atom. The first-order chi connectivity index (χ1) is 24.8. The minimum Gasteiger partial charge on any atom is -0.308 e. The zero-order valence-corrected chi connectivity index (χ0v) is 27.8. The standard InChI is InChI=1S/C46H28N3P/c1-3-13-31(14-4-1)50(32-15-5-2-6-16-32)33-25-23-30(24-26-33)49-45-34-17-8-7-12-29(34)22-27-35(45)38-28-39-42-36(18-11-19-37(42)46(38)49)43-44(39)48-41-21-10-9-20-40(41)47-43/h1-28H. The topological polar surface area (TPSA) is 30.7 Å². The molecule has 0 saturated carbocycles. The fourth-order valence-corrected chi connectivity index (χ4v) is 10.4.